The molecule has 0 saturated carbocycles. The summed E-state index contributed by atoms with van der Waals surface area (Å²) < 4.78 is 22.4. The van der Waals surface area contributed by atoms with E-state index in [9.17, 15) is 5.11 Å². The second-order valence-electron chi connectivity index (χ2n) is 5.93. The number of aliphatic hydroxyl groups is 1. The minimum Gasteiger partial charge on any atom is -0.476 e. The molecule has 134 valence electrons. The Balaban J connectivity index is 1.50. The van der Waals surface area contributed by atoms with Crippen LogP contribution in [0.1, 0.15) is 6.42 Å². The Morgan fingerprint density at radius 2 is 2.20 bits per heavy atom. The van der Waals surface area contributed by atoms with Crippen LogP contribution in [-0.4, -0.2) is 64.3 Å². The largest absolute Gasteiger partial charge is 0.476 e. The average Bonchev–Trinajstić information content (AvgIpc) is 3.26. The molecule has 0 aromatic carbocycles. The van der Waals surface area contributed by atoms with Gasteiger partial charge in [0.15, 0.2) is 11.8 Å². The molecule has 2 aliphatic rings. The molecule has 4 atom stereocenters. The molecule has 4 heterocycles. The second kappa shape index (κ2) is 6.80. The Kier molecular flexibility index (Phi) is 4.51. The molecule has 25 heavy (non-hydrogen) atoms. The van der Waals surface area contributed by atoms with Gasteiger partial charge in [0.25, 0.3) is 6.01 Å². The number of nitrogens with one attached hydrogen (secondary N) is 1. The SMILES string of the molecule is C=CCCOc1nc2nc(O[C@@H]3CO[C@H]4C3OC[C@H]4O)[nH]c2cc1Cl. The Bertz CT molecular complexity index is 782. The van der Waals surface area contributed by atoms with Crippen molar-refractivity contribution in [2.24, 2.45) is 0 Å². The van der Waals surface area contributed by atoms with Crippen molar-refractivity contribution in [3.63, 3.8) is 0 Å². The van der Waals surface area contributed by atoms with Gasteiger partial charge in [-0.05, 0) is 12.5 Å². The quantitative estimate of drug-likeness (QED) is 0.589. The summed E-state index contributed by atoms with van der Waals surface area (Å²) in [5.41, 5.74) is 1.08. The summed E-state index contributed by atoms with van der Waals surface area (Å²) >= 11 is 6.18. The summed E-state index contributed by atoms with van der Waals surface area (Å²) in [6.07, 6.45) is 0.823. The van der Waals surface area contributed by atoms with Crippen LogP contribution in [0.15, 0.2) is 18.7 Å². The number of halogens is 1. The number of hydrogen-bond donors (Lipinski definition) is 2. The Hall–Kier alpha value is -1.87. The number of aromatic nitrogens is 3. The van der Waals surface area contributed by atoms with E-state index in [-0.39, 0.29) is 24.9 Å². The standard InChI is InChI=1S/C16H18ClN3O5/c1-2-3-4-22-15-8(17)5-9-14(19-15)20-16(18-9)25-11-7-24-12-10(21)6-23-13(11)12/h2,5,10-13,21H,1,3-4,6-7H2,(H,18,19,20)/t10-,11-,12-,13?/m1/s1. The fourth-order valence-electron chi connectivity index (χ4n) is 2.96. The maximum Gasteiger partial charge on any atom is 0.296 e. The highest BCUT2D eigenvalue weighted by atomic mass is 35.5. The number of pyridine rings is 1. The summed E-state index contributed by atoms with van der Waals surface area (Å²) in [7, 11) is 0. The van der Waals surface area contributed by atoms with E-state index in [0.29, 0.717) is 47.7 Å². The number of aromatic amines is 1. The van der Waals surface area contributed by atoms with Crippen molar-refractivity contribution in [2.75, 3.05) is 19.8 Å². The number of nitrogens with zero attached hydrogens (tertiary/aromatic N) is 2. The molecule has 2 aromatic heterocycles. The van der Waals surface area contributed by atoms with E-state index >= 15 is 0 Å². The molecule has 2 N–H and O–H groups in total. The molecule has 1 unspecified atom stereocenters. The molecule has 8 nitrogen and oxygen atoms in total. The van der Waals surface area contributed by atoms with Crippen LogP contribution in [0.4, 0.5) is 0 Å². The summed E-state index contributed by atoms with van der Waals surface area (Å²) in [5.74, 6) is 0.320. The van der Waals surface area contributed by atoms with Crippen LogP contribution in [0.2, 0.25) is 5.02 Å². The molecular weight excluding hydrogens is 350 g/mol. The summed E-state index contributed by atoms with van der Waals surface area (Å²) in [4.78, 5) is 11.6. The molecule has 2 aromatic rings. The van der Waals surface area contributed by atoms with Crippen LogP contribution in [0, 0.1) is 0 Å². The van der Waals surface area contributed by atoms with E-state index in [1.165, 1.54) is 0 Å². The normalized spacial score (nSPS) is 28.2. The number of aliphatic hydroxyl groups excluding tert-OH is 1. The van der Waals surface area contributed by atoms with Crippen molar-refractivity contribution < 1.29 is 24.1 Å². The lowest BCUT2D eigenvalue weighted by Crippen LogP contribution is -2.34. The van der Waals surface area contributed by atoms with Crippen molar-refractivity contribution in [1.29, 1.82) is 0 Å². The minimum atomic E-state index is -0.620. The summed E-state index contributed by atoms with van der Waals surface area (Å²) in [5, 5.41) is 10.2. The van der Waals surface area contributed by atoms with E-state index in [4.69, 9.17) is 30.5 Å². The zero-order valence-corrected chi connectivity index (χ0v) is 14.1. The van der Waals surface area contributed by atoms with Crippen LogP contribution in [0.25, 0.3) is 11.2 Å². The highest BCUT2D eigenvalue weighted by Gasteiger charge is 2.48. The van der Waals surface area contributed by atoms with Gasteiger partial charge in [-0.15, -0.1) is 6.58 Å². The molecule has 0 bridgehead atoms. The van der Waals surface area contributed by atoms with Gasteiger partial charge in [-0.25, -0.2) is 0 Å². The summed E-state index contributed by atoms with van der Waals surface area (Å²) in [6.45, 7) is 4.66. The van der Waals surface area contributed by atoms with Gasteiger partial charge in [0.1, 0.15) is 23.3 Å². The third-order valence-electron chi connectivity index (χ3n) is 4.18. The minimum absolute atomic E-state index is 0.248. The number of imidazole rings is 1. The monoisotopic (exact) mass is 367 g/mol. The van der Waals surface area contributed by atoms with Crippen LogP contribution in [-0.2, 0) is 9.47 Å². The molecule has 2 fully saturated rings. The van der Waals surface area contributed by atoms with E-state index in [0.717, 1.165) is 0 Å². The maximum atomic E-state index is 9.77. The average molecular weight is 368 g/mol. The molecule has 2 saturated heterocycles. The van der Waals surface area contributed by atoms with Crippen molar-refractivity contribution in [1.82, 2.24) is 15.0 Å². The number of fused-ring (bicyclic) bond motifs is 2. The first-order valence-corrected chi connectivity index (χ1v) is 8.41. The lowest BCUT2D eigenvalue weighted by atomic mass is 10.1. The van der Waals surface area contributed by atoms with Crippen LogP contribution in [0.5, 0.6) is 11.9 Å². The smallest absolute Gasteiger partial charge is 0.296 e. The van der Waals surface area contributed by atoms with Gasteiger partial charge in [0.2, 0.25) is 5.88 Å². The molecular formula is C16H18ClN3O5. The number of hydrogen-bond acceptors (Lipinski definition) is 7. The van der Waals surface area contributed by atoms with Crippen molar-refractivity contribution in [3.05, 3.63) is 23.7 Å². The Morgan fingerprint density at radius 3 is 3.04 bits per heavy atom. The van der Waals surface area contributed by atoms with E-state index in [1.54, 1.807) is 12.1 Å². The first-order valence-electron chi connectivity index (χ1n) is 8.03. The van der Waals surface area contributed by atoms with Gasteiger partial charge in [-0.3, -0.25) is 0 Å². The van der Waals surface area contributed by atoms with Gasteiger partial charge in [0, 0.05) is 0 Å². The van der Waals surface area contributed by atoms with Crippen molar-refractivity contribution >= 4 is 22.8 Å². The predicted octanol–water partition coefficient (Wildman–Crippen LogP) is 1.47. The Labute approximate surface area is 148 Å². The zero-order chi connectivity index (χ0) is 17.4. The first-order chi connectivity index (χ1) is 12.2. The lowest BCUT2D eigenvalue weighted by Gasteiger charge is -2.15. The van der Waals surface area contributed by atoms with E-state index < -0.39 is 6.10 Å². The number of H-pyrrole nitrogens is 1. The Morgan fingerprint density at radius 1 is 1.36 bits per heavy atom. The molecule has 0 amide bonds. The third-order valence-corrected chi connectivity index (χ3v) is 4.45. The molecule has 0 spiro atoms. The molecule has 0 radical (unpaired) electrons. The highest BCUT2D eigenvalue weighted by molar-refractivity contribution is 6.32. The predicted molar refractivity (Wildman–Crippen MR) is 89.1 cm³/mol. The molecule has 0 aliphatic carbocycles. The van der Waals surface area contributed by atoms with Crippen molar-refractivity contribution in [3.8, 4) is 11.9 Å². The lowest BCUT2D eigenvalue weighted by molar-refractivity contribution is 0.00706. The van der Waals surface area contributed by atoms with Crippen LogP contribution < -0.4 is 9.47 Å². The van der Waals surface area contributed by atoms with Crippen LogP contribution in [0.3, 0.4) is 0 Å². The fraction of sp³-hybridized carbons (Fsp3) is 0.500. The number of rotatable bonds is 6. The summed E-state index contributed by atoms with van der Waals surface area (Å²) in [6, 6.07) is 1.98. The van der Waals surface area contributed by atoms with Crippen molar-refractivity contribution in [2.45, 2.75) is 30.8 Å². The van der Waals surface area contributed by atoms with Gasteiger partial charge >= 0.3 is 0 Å². The molecule has 9 heteroatoms. The fourth-order valence-corrected chi connectivity index (χ4v) is 3.17. The topological polar surface area (TPSA) is 98.7 Å². The molecule has 4 rings (SSSR count). The highest BCUT2D eigenvalue weighted by Crippen LogP contribution is 2.31. The van der Waals surface area contributed by atoms with Gasteiger partial charge in [0.05, 0.1) is 25.3 Å². The zero-order valence-electron chi connectivity index (χ0n) is 13.4. The molecule has 2 aliphatic heterocycles. The second-order valence-corrected chi connectivity index (χ2v) is 6.34. The van der Waals surface area contributed by atoms with Gasteiger partial charge in [-0.2, -0.15) is 9.97 Å². The van der Waals surface area contributed by atoms with E-state index in [2.05, 4.69) is 21.5 Å². The van der Waals surface area contributed by atoms with Gasteiger partial charge < -0.3 is 29.0 Å². The van der Waals surface area contributed by atoms with Gasteiger partial charge in [-0.1, -0.05) is 17.7 Å². The maximum absolute atomic E-state index is 9.77. The third kappa shape index (κ3) is 3.18. The number of ether oxygens (including phenoxy) is 4. The van der Waals surface area contributed by atoms with E-state index in [1.807, 2.05) is 0 Å². The van der Waals surface area contributed by atoms with Crippen LogP contribution >= 0.6 is 11.6 Å². The first kappa shape index (κ1) is 16.6.